The fourth-order valence-corrected chi connectivity index (χ4v) is 1.61. The average Bonchev–Trinajstić information content (AvgIpc) is 2.09. The van der Waals surface area contributed by atoms with E-state index in [0.29, 0.717) is 6.07 Å². The van der Waals surface area contributed by atoms with Gasteiger partial charge < -0.3 is 4.18 Å². The molecule has 9 heteroatoms. The van der Waals surface area contributed by atoms with Gasteiger partial charge in [-0.2, -0.15) is 21.6 Å². The molecule has 0 saturated carbocycles. The molecule has 0 aromatic heterocycles. The van der Waals surface area contributed by atoms with Gasteiger partial charge in [-0.3, -0.25) is 0 Å². The molecule has 1 aromatic carbocycles. The lowest BCUT2D eigenvalue weighted by Crippen LogP contribution is -2.28. The Hall–Kier alpha value is -0.830. The van der Waals surface area contributed by atoms with Crippen LogP contribution in [0.2, 0.25) is 0 Å². The summed E-state index contributed by atoms with van der Waals surface area (Å²) in [6, 6.07) is 2.47. The van der Waals surface area contributed by atoms with Crippen LogP contribution in [0.1, 0.15) is 0 Å². The van der Waals surface area contributed by atoms with E-state index in [1.807, 2.05) is 0 Å². The normalized spacial score (nSPS) is 12.6. The van der Waals surface area contributed by atoms with Crippen LogP contribution in [0.15, 0.2) is 22.7 Å². The highest BCUT2D eigenvalue weighted by molar-refractivity contribution is 9.10. The van der Waals surface area contributed by atoms with Gasteiger partial charge in [0.15, 0.2) is 5.75 Å². The van der Waals surface area contributed by atoms with E-state index in [1.54, 1.807) is 0 Å². The highest BCUT2D eigenvalue weighted by Gasteiger charge is 2.48. The summed E-state index contributed by atoms with van der Waals surface area (Å²) < 4.78 is 73.2. The van der Waals surface area contributed by atoms with Crippen molar-refractivity contribution in [2.75, 3.05) is 0 Å². The second-order valence-corrected chi connectivity index (χ2v) is 4.95. The molecule has 0 bridgehead atoms. The topological polar surface area (TPSA) is 43.4 Å². The summed E-state index contributed by atoms with van der Waals surface area (Å²) >= 11 is 2.73. The zero-order valence-electron chi connectivity index (χ0n) is 7.25. The molecule has 0 heterocycles. The fourth-order valence-electron chi connectivity index (χ4n) is 0.706. The molecule has 0 aliphatic carbocycles. The second kappa shape index (κ2) is 4.21. The van der Waals surface area contributed by atoms with Gasteiger partial charge in [0.25, 0.3) is 0 Å². The van der Waals surface area contributed by atoms with E-state index in [0.717, 1.165) is 12.1 Å². The van der Waals surface area contributed by atoms with Crippen LogP contribution in [0.5, 0.6) is 5.75 Å². The molecule has 16 heavy (non-hydrogen) atoms. The second-order valence-electron chi connectivity index (χ2n) is 2.56. The molecule has 0 fully saturated rings. The van der Waals surface area contributed by atoms with E-state index < -0.39 is 27.2 Å². The molecule has 0 spiro atoms. The minimum atomic E-state index is -5.79. The van der Waals surface area contributed by atoms with Gasteiger partial charge in [0.1, 0.15) is 5.82 Å². The summed E-state index contributed by atoms with van der Waals surface area (Å²) in [7, 11) is -5.79. The van der Waals surface area contributed by atoms with Gasteiger partial charge in [-0.25, -0.2) is 4.39 Å². The highest BCUT2D eigenvalue weighted by Crippen LogP contribution is 2.31. The van der Waals surface area contributed by atoms with Gasteiger partial charge in [-0.15, -0.1) is 0 Å². The first-order valence-electron chi connectivity index (χ1n) is 3.59. The lowest BCUT2D eigenvalue weighted by molar-refractivity contribution is -0.0500. The lowest BCUT2D eigenvalue weighted by Gasteiger charge is -2.10. The minimum Gasteiger partial charge on any atom is -0.375 e. The third-order valence-corrected chi connectivity index (χ3v) is 3.00. The Labute approximate surface area is 96.3 Å². The Balaban J connectivity index is 3.11. The first kappa shape index (κ1) is 13.2. The van der Waals surface area contributed by atoms with Gasteiger partial charge >= 0.3 is 15.6 Å². The van der Waals surface area contributed by atoms with E-state index in [2.05, 4.69) is 20.1 Å². The SMILES string of the molecule is O=S(=O)(Oc1cc(F)ccc1Br)C(F)(F)F. The summed E-state index contributed by atoms with van der Waals surface area (Å²) in [4.78, 5) is 0. The van der Waals surface area contributed by atoms with Crippen molar-refractivity contribution in [3.8, 4) is 5.75 Å². The lowest BCUT2D eigenvalue weighted by atomic mass is 10.3. The Kier molecular flexibility index (Phi) is 3.48. The number of hydrogen-bond donors (Lipinski definition) is 0. The van der Waals surface area contributed by atoms with Crippen molar-refractivity contribution in [1.29, 1.82) is 0 Å². The Morgan fingerprint density at radius 2 is 1.81 bits per heavy atom. The van der Waals surface area contributed by atoms with Crippen LogP contribution in [0.25, 0.3) is 0 Å². The summed E-state index contributed by atoms with van der Waals surface area (Å²) in [5.74, 6) is -1.69. The first-order valence-corrected chi connectivity index (χ1v) is 5.79. The summed E-state index contributed by atoms with van der Waals surface area (Å²) in [6.45, 7) is 0. The molecular weight excluding hydrogens is 320 g/mol. The third kappa shape index (κ3) is 2.85. The minimum absolute atomic E-state index is 0.110. The molecule has 0 atom stereocenters. The molecule has 0 N–H and O–H groups in total. The standard InChI is InChI=1S/C7H3BrF4O3S/c8-5-2-1-4(9)3-6(5)15-16(13,14)7(10,11)12/h1-3H. The maximum absolute atomic E-state index is 12.6. The van der Waals surface area contributed by atoms with Gasteiger partial charge in [-0.05, 0) is 28.1 Å². The zero-order chi connectivity index (χ0) is 12.6. The van der Waals surface area contributed by atoms with Gasteiger partial charge in [0.05, 0.1) is 4.47 Å². The smallest absolute Gasteiger partial charge is 0.375 e. The molecular formula is C7H3BrF4O3S. The maximum Gasteiger partial charge on any atom is 0.534 e. The molecule has 3 nitrogen and oxygen atoms in total. The highest BCUT2D eigenvalue weighted by atomic mass is 79.9. The van der Waals surface area contributed by atoms with Crippen LogP contribution in [-0.2, 0) is 10.1 Å². The molecule has 1 aromatic rings. The number of benzene rings is 1. The van der Waals surface area contributed by atoms with Crippen LogP contribution in [0.3, 0.4) is 0 Å². The van der Waals surface area contributed by atoms with Crippen molar-refractivity contribution in [2.24, 2.45) is 0 Å². The Morgan fingerprint density at radius 3 is 2.31 bits per heavy atom. The van der Waals surface area contributed by atoms with E-state index in [9.17, 15) is 26.0 Å². The van der Waals surface area contributed by atoms with E-state index in [4.69, 9.17) is 0 Å². The molecule has 0 radical (unpaired) electrons. The summed E-state index contributed by atoms with van der Waals surface area (Å²) in [5, 5.41) is 0. The maximum atomic E-state index is 12.6. The van der Waals surface area contributed by atoms with Crippen molar-refractivity contribution in [2.45, 2.75) is 5.51 Å². The molecule has 0 unspecified atom stereocenters. The number of alkyl halides is 3. The number of halogens is 5. The van der Waals surface area contributed by atoms with Crippen molar-refractivity contribution < 1.29 is 30.2 Å². The quantitative estimate of drug-likeness (QED) is 0.478. The van der Waals surface area contributed by atoms with Crippen LogP contribution >= 0.6 is 15.9 Å². The van der Waals surface area contributed by atoms with Gasteiger partial charge in [0, 0.05) is 6.07 Å². The molecule has 0 amide bonds. The Morgan fingerprint density at radius 1 is 1.25 bits per heavy atom. The van der Waals surface area contributed by atoms with Gasteiger partial charge in [-0.1, -0.05) is 0 Å². The van der Waals surface area contributed by atoms with Crippen LogP contribution < -0.4 is 4.18 Å². The van der Waals surface area contributed by atoms with Crippen molar-refractivity contribution in [3.63, 3.8) is 0 Å². The summed E-state index contributed by atoms with van der Waals surface area (Å²) in [5.41, 5.74) is -5.56. The molecule has 1 rings (SSSR count). The number of rotatable bonds is 2. The van der Waals surface area contributed by atoms with Gasteiger partial charge in [0.2, 0.25) is 0 Å². The molecule has 90 valence electrons. The van der Waals surface area contributed by atoms with Crippen molar-refractivity contribution in [1.82, 2.24) is 0 Å². The largest absolute Gasteiger partial charge is 0.534 e. The van der Waals surface area contributed by atoms with Crippen molar-refractivity contribution >= 4 is 26.0 Å². The Bertz CT molecular complexity index is 497. The predicted octanol–water partition coefficient (Wildman–Crippen LogP) is 2.82. The number of hydrogen-bond acceptors (Lipinski definition) is 3. The van der Waals surface area contributed by atoms with Crippen LogP contribution in [0, 0.1) is 5.82 Å². The molecule has 0 aliphatic heterocycles. The molecule has 0 aliphatic rings. The van der Waals surface area contributed by atoms with Crippen LogP contribution in [-0.4, -0.2) is 13.9 Å². The van der Waals surface area contributed by atoms with E-state index in [1.165, 1.54) is 0 Å². The summed E-state index contributed by atoms with van der Waals surface area (Å²) in [6.07, 6.45) is 0. The third-order valence-electron chi connectivity index (χ3n) is 1.38. The van der Waals surface area contributed by atoms with Crippen LogP contribution in [0.4, 0.5) is 17.6 Å². The predicted molar refractivity (Wildman–Crippen MR) is 49.7 cm³/mol. The first-order chi connectivity index (χ1) is 7.13. The monoisotopic (exact) mass is 322 g/mol. The zero-order valence-corrected chi connectivity index (χ0v) is 9.66. The van der Waals surface area contributed by atoms with Crippen molar-refractivity contribution in [3.05, 3.63) is 28.5 Å². The van der Waals surface area contributed by atoms with E-state index >= 15 is 0 Å². The average molecular weight is 323 g/mol. The van der Waals surface area contributed by atoms with E-state index in [-0.39, 0.29) is 4.47 Å². The molecule has 0 saturated heterocycles. The fraction of sp³-hybridized carbons (Fsp3) is 0.143.